The van der Waals surface area contributed by atoms with Gasteiger partial charge in [-0.15, -0.1) is 11.3 Å². The molecular formula is C21H23N2O5S+. The highest BCUT2D eigenvalue weighted by atomic mass is 32.1. The zero-order valence-corrected chi connectivity index (χ0v) is 17.3. The summed E-state index contributed by atoms with van der Waals surface area (Å²) < 4.78 is 10.5. The van der Waals surface area contributed by atoms with Crippen LogP contribution in [0.2, 0.25) is 0 Å². The maximum Gasteiger partial charge on any atom is 0.368 e. The first-order valence-corrected chi connectivity index (χ1v) is 10.4. The van der Waals surface area contributed by atoms with E-state index in [9.17, 15) is 14.4 Å². The molecule has 8 heteroatoms. The molecule has 1 aromatic heterocycles. The Morgan fingerprint density at radius 1 is 1.21 bits per heavy atom. The van der Waals surface area contributed by atoms with Crippen LogP contribution in [0.3, 0.4) is 0 Å². The molecular weight excluding hydrogens is 392 g/mol. The Labute approximate surface area is 172 Å². The van der Waals surface area contributed by atoms with Gasteiger partial charge in [0.1, 0.15) is 23.6 Å². The normalized spacial score (nSPS) is 28.5. The summed E-state index contributed by atoms with van der Waals surface area (Å²) in [7, 11) is 1.55. The lowest BCUT2D eigenvalue weighted by molar-refractivity contribution is -0.730. The summed E-state index contributed by atoms with van der Waals surface area (Å²) in [5.41, 5.74) is -0.685. The average molecular weight is 415 g/mol. The molecule has 1 aromatic carbocycles. The van der Waals surface area contributed by atoms with E-state index in [1.165, 1.54) is 16.2 Å². The summed E-state index contributed by atoms with van der Waals surface area (Å²) >= 11 is 1.52. The van der Waals surface area contributed by atoms with Crippen molar-refractivity contribution in [1.82, 2.24) is 0 Å². The second-order valence-corrected chi connectivity index (χ2v) is 8.40. The summed E-state index contributed by atoms with van der Waals surface area (Å²) in [6.45, 7) is 3.66. The van der Waals surface area contributed by atoms with Crippen molar-refractivity contribution in [2.75, 3.05) is 18.6 Å². The molecule has 0 bridgehead atoms. The quantitative estimate of drug-likeness (QED) is 0.591. The summed E-state index contributed by atoms with van der Waals surface area (Å²) in [6.07, 6.45) is 0. The molecule has 2 aliphatic rings. The summed E-state index contributed by atoms with van der Waals surface area (Å²) in [4.78, 5) is 41.9. The van der Waals surface area contributed by atoms with Gasteiger partial charge in [-0.25, -0.2) is 9.69 Å². The fourth-order valence-electron chi connectivity index (χ4n) is 4.47. The minimum absolute atomic E-state index is 0.216. The second-order valence-electron chi connectivity index (χ2n) is 7.42. The number of benzene rings is 1. The van der Waals surface area contributed by atoms with Crippen molar-refractivity contribution in [2.24, 2.45) is 11.8 Å². The molecule has 2 N–H and O–H groups in total. The van der Waals surface area contributed by atoms with E-state index in [0.29, 0.717) is 11.4 Å². The molecule has 3 heterocycles. The Morgan fingerprint density at radius 2 is 1.93 bits per heavy atom. The molecule has 29 heavy (non-hydrogen) atoms. The van der Waals surface area contributed by atoms with Crippen LogP contribution in [0, 0.1) is 11.8 Å². The van der Waals surface area contributed by atoms with Gasteiger partial charge in [-0.1, -0.05) is 6.07 Å². The maximum atomic E-state index is 13.4. The maximum absolute atomic E-state index is 13.4. The number of imide groups is 1. The molecule has 0 radical (unpaired) electrons. The fourth-order valence-corrected chi connectivity index (χ4v) is 5.31. The molecule has 0 aliphatic carbocycles. The number of quaternary nitrogens is 1. The first-order valence-electron chi connectivity index (χ1n) is 9.51. The van der Waals surface area contributed by atoms with Gasteiger partial charge in [-0.3, -0.25) is 9.59 Å². The predicted octanol–water partition coefficient (Wildman–Crippen LogP) is 1.50. The van der Waals surface area contributed by atoms with Crippen LogP contribution in [0.5, 0.6) is 5.75 Å². The Morgan fingerprint density at radius 3 is 2.52 bits per heavy atom. The van der Waals surface area contributed by atoms with Crippen molar-refractivity contribution in [3.63, 3.8) is 0 Å². The van der Waals surface area contributed by atoms with Gasteiger partial charge in [0, 0.05) is 6.92 Å². The molecule has 4 atom stereocenters. The summed E-state index contributed by atoms with van der Waals surface area (Å²) in [5.74, 6) is -1.90. The van der Waals surface area contributed by atoms with Crippen LogP contribution in [0.25, 0.3) is 0 Å². The third-order valence-corrected chi connectivity index (χ3v) is 6.80. The van der Waals surface area contributed by atoms with E-state index in [0.717, 1.165) is 4.88 Å². The Bertz CT molecular complexity index is 942. The van der Waals surface area contributed by atoms with E-state index in [1.807, 2.05) is 22.8 Å². The minimum Gasteiger partial charge on any atom is -0.497 e. The number of thiophene rings is 1. The highest BCUT2D eigenvalue weighted by Crippen LogP contribution is 2.46. The van der Waals surface area contributed by atoms with Crippen LogP contribution in [0.4, 0.5) is 5.69 Å². The van der Waals surface area contributed by atoms with Crippen LogP contribution in [0.1, 0.15) is 24.8 Å². The number of carbonyl (C=O) groups is 3. The molecule has 152 valence electrons. The van der Waals surface area contributed by atoms with Crippen molar-refractivity contribution >= 4 is 34.8 Å². The largest absolute Gasteiger partial charge is 0.497 e. The number of carbonyl (C=O) groups excluding carboxylic acids is 3. The third-order valence-electron chi connectivity index (χ3n) is 5.83. The van der Waals surface area contributed by atoms with Crippen LogP contribution < -0.4 is 15.0 Å². The van der Waals surface area contributed by atoms with E-state index < -0.39 is 23.3 Å². The van der Waals surface area contributed by atoms with Gasteiger partial charge in [0.05, 0.1) is 24.3 Å². The highest BCUT2D eigenvalue weighted by molar-refractivity contribution is 7.10. The SMILES string of the molecule is CCOC(=O)[C@]1(C)[NH2+][C@@H](c2cccs2)[C@H]2C(=O)N(c3ccc(OC)cc3)C(=O)[C@H]21. The molecule has 2 aliphatic heterocycles. The first-order chi connectivity index (χ1) is 13.9. The van der Waals surface area contributed by atoms with Crippen molar-refractivity contribution in [2.45, 2.75) is 25.4 Å². The highest BCUT2D eigenvalue weighted by Gasteiger charge is 2.71. The van der Waals surface area contributed by atoms with Crippen molar-refractivity contribution in [3.8, 4) is 5.75 Å². The number of anilines is 1. The number of ether oxygens (including phenoxy) is 2. The predicted molar refractivity (Wildman–Crippen MR) is 106 cm³/mol. The van der Waals surface area contributed by atoms with Gasteiger partial charge in [0.25, 0.3) is 0 Å². The van der Waals surface area contributed by atoms with E-state index in [4.69, 9.17) is 9.47 Å². The van der Waals surface area contributed by atoms with Gasteiger partial charge in [-0.05, 0) is 42.6 Å². The van der Waals surface area contributed by atoms with E-state index >= 15 is 0 Å². The molecule has 0 saturated carbocycles. The molecule has 7 nitrogen and oxygen atoms in total. The van der Waals surface area contributed by atoms with E-state index in [-0.39, 0.29) is 24.5 Å². The molecule has 4 rings (SSSR count). The van der Waals surface area contributed by atoms with Crippen LogP contribution in [-0.2, 0) is 19.1 Å². The number of hydrogen-bond donors (Lipinski definition) is 1. The Kier molecular flexibility index (Phi) is 4.92. The fraction of sp³-hybridized carbons (Fsp3) is 0.381. The number of nitrogens with zero attached hydrogens (tertiary/aromatic N) is 1. The molecule has 2 aromatic rings. The van der Waals surface area contributed by atoms with Crippen molar-refractivity contribution in [3.05, 3.63) is 46.7 Å². The van der Waals surface area contributed by atoms with Gasteiger partial charge in [0.2, 0.25) is 17.4 Å². The molecule has 2 saturated heterocycles. The van der Waals surface area contributed by atoms with Crippen molar-refractivity contribution < 1.29 is 29.2 Å². The zero-order chi connectivity index (χ0) is 20.8. The second kappa shape index (κ2) is 7.27. The monoisotopic (exact) mass is 415 g/mol. The number of esters is 1. The minimum atomic E-state index is -1.16. The summed E-state index contributed by atoms with van der Waals surface area (Å²) in [5, 5.41) is 3.77. The van der Waals surface area contributed by atoms with Gasteiger partial charge >= 0.3 is 5.97 Å². The number of methoxy groups -OCH3 is 1. The Hall–Kier alpha value is -2.71. The van der Waals surface area contributed by atoms with Crippen molar-refractivity contribution in [1.29, 1.82) is 0 Å². The van der Waals surface area contributed by atoms with Crippen LogP contribution >= 0.6 is 11.3 Å². The molecule has 0 unspecified atom stereocenters. The molecule has 0 spiro atoms. The smallest absolute Gasteiger partial charge is 0.368 e. The number of hydrogen-bond acceptors (Lipinski definition) is 6. The number of nitrogens with two attached hydrogens (primary N) is 1. The molecule has 2 fully saturated rings. The molecule has 2 amide bonds. The Balaban J connectivity index is 1.77. The number of rotatable bonds is 5. The van der Waals surface area contributed by atoms with E-state index in [1.54, 1.807) is 45.2 Å². The van der Waals surface area contributed by atoms with Crippen LogP contribution in [0.15, 0.2) is 41.8 Å². The summed E-state index contributed by atoms with van der Waals surface area (Å²) in [6, 6.07) is 10.3. The third kappa shape index (κ3) is 2.94. The lowest BCUT2D eigenvalue weighted by Gasteiger charge is -2.26. The van der Waals surface area contributed by atoms with E-state index in [2.05, 4.69) is 0 Å². The average Bonchev–Trinajstić information content (AvgIpc) is 3.40. The lowest BCUT2D eigenvalue weighted by Crippen LogP contribution is -2.97. The van der Waals surface area contributed by atoms with Gasteiger partial charge in [0.15, 0.2) is 0 Å². The van der Waals surface area contributed by atoms with Gasteiger partial charge in [-0.2, -0.15) is 0 Å². The zero-order valence-electron chi connectivity index (χ0n) is 16.5. The van der Waals surface area contributed by atoms with Crippen LogP contribution in [-0.4, -0.2) is 37.0 Å². The lowest BCUT2D eigenvalue weighted by atomic mass is 9.81. The number of fused-ring (bicyclic) bond motifs is 1. The topological polar surface area (TPSA) is 89.5 Å². The standard InChI is InChI=1S/C21H22N2O5S/c1-4-28-20(26)21(2)16-15(17(22-21)14-6-5-11-29-14)18(24)23(19(16)25)12-7-9-13(27-3)10-8-12/h5-11,15-17,22H,4H2,1-3H3/p+1/t15-,16-,17-,21+/m0/s1. The first kappa shape index (κ1) is 19.6. The number of amides is 2. The van der Waals surface area contributed by atoms with Gasteiger partial charge < -0.3 is 14.8 Å².